The zero-order valence-electron chi connectivity index (χ0n) is 12.7. The first kappa shape index (κ1) is 16.6. The fourth-order valence-corrected chi connectivity index (χ4v) is 2.28. The predicted octanol–water partition coefficient (Wildman–Crippen LogP) is 4.01. The van der Waals surface area contributed by atoms with Crippen molar-refractivity contribution in [2.24, 2.45) is 0 Å². The summed E-state index contributed by atoms with van der Waals surface area (Å²) in [6.45, 7) is 3.68. The summed E-state index contributed by atoms with van der Waals surface area (Å²) in [5, 5.41) is 2.84. The summed E-state index contributed by atoms with van der Waals surface area (Å²) in [6.07, 6.45) is -0.606. The molecule has 0 spiro atoms. The number of amides is 1. The molecule has 4 nitrogen and oxygen atoms in total. The number of carbonyl (C=O) groups is 1. The molecule has 1 atom stereocenters. The molecule has 0 saturated heterocycles. The van der Waals surface area contributed by atoms with Gasteiger partial charge in [-0.3, -0.25) is 4.79 Å². The van der Waals surface area contributed by atoms with Crippen molar-refractivity contribution in [2.75, 3.05) is 12.4 Å². The van der Waals surface area contributed by atoms with Crippen molar-refractivity contribution in [3.63, 3.8) is 0 Å². The first-order valence-electron chi connectivity index (χ1n) is 6.87. The lowest BCUT2D eigenvalue weighted by Gasteiger charge is -2.16. The molecule has 0 bridgehead atoms. The average molecular weight is 411 g/mol. The van der Waals surface area contributed by atoms with Gasteiger partial charge in [-0.25, -0.2) is 0 Å². The zero-order valence-corrected chi connectivity index (χ0v) is 14.9. The molecule has 0 unspecified atom stereocenters. The molecular weight excluding hydrogens is 393 g/mol. The van der Waals surface area contributed by atoms with E-state index in [1.807, 2.05) is 49.4 Å². The molecule has 116 valence electrons. The maximum absolute atomic E-state index is 12.3. The van der Waals surface area contributed by atoms with Gasteiger partial charge < -0.3 is 14.8 Å². The van der Waals surface area contributed by atoms with E-state index in [9.17, 15) is 4.79 Å². The summed E-state index contributed by atoms with van der Waals surface area (Å²) in [5.74, 6) is 1.07. The first-order chi connectivity index (χ1) is 10.5. The molecule has 0 heterocycles. The van der Waals surface area contributed by atoms with Gasteiger partial charge in [-0.05, 0) is 78.4 Å². The van der Waals surface area contributed by atoms with Crippen LogP contribution in [-0.2, 0) is 4.79 Å². The highest BCUT2D eigenvalue weighted by atomic mass is 127. The van der Waals surface area contributed by atoms with E-state index in [-0.39, 0.29) is 5.91 Å². The van der Waals surface area contributed by atoms with E-state index >= 15 is 0 Å². The van der Waals surface area contributed by atoms with Gasteiger partial charge in [-0.15, -0.1) is 0 Å². The van der Waals surface area contributed by atoms with Crippen LogP contribution in [0.4, 0.5) is 5.69 Å². The Morgan fingerprint density at radius 2 is 1.86 bits per heavy atom. The number of anilines is 1. The van der Waals surface area contributed by atoms with Gasteiger partial charge in [-0.1, -0.05) is 6.07 Å². The minimum atomic E-state index is -0.606. The fraction of sp³-hybridized carbons (Fsp3) is 0.235. The van der Waals surface area contributed by atoms with Crippen LogP contribution >= 0.6 is 22.6 Å². The number of hydrogen-bond donors (Lipinski definition) is 1. The molecule has 22 heavy (non-hydrogen) atoms. The molecule has 0 aliphatic rings. The Morgan fingerprint density at radius 1 is 1.18 bits per heavy atom. The molecular formula is C17H18INO3. The summed E-state index contributed by atoms with van der Waals surface area (Å²) >= 11 is 2.22. The van der Waals surface area contributed by atoms with E-state index < -0.39 is 6.10 Å². The molecule has 0 radical (unpaired) electrons. The van der Waals surface area contributed by atoms with Crippen molar-refractivity contribution < 1.29 is 14.3 Å². The smallest absolute Gasteiger partial charge is 0.265 e. The Kier molecular flexibility index (Phi) is 5.65. The van der Waals surface area contributed by atoms with Crippen molar-refractivity contribution in [3.8, 4) is 11.5 Å². The Hall–Kier alpha value is -1.76. The third-order valence-electron chi connectivity index (χ3n) is 3.11. The summed E-state index contributed by atoms with van der Waals surface area (Å²) in [7, 11) is 1.58. The highest BCUT2D eigenvalue weighted by molar-refractivity contribution is 14.1. The topological polar surface area (TPSA) is 47.6 Å². The van der Waals surface area contributed by atoms with E-state index in [1.165, 1.54) is 0 Å². The Bertz CT molecular complexity index is 655. The Balaban J connectivity index is 2.05. The van der Waals surface area contributed by atoms with E-state index in [0.29, 0.717) is 17.2 Å². The monoisotopic (exact) mass is 411 g/mol. The van der Waals surface area contributed by atoms with Crippen molar-refractivity contribution in [2.45, 2.75) is 20.0 Å². The number of aryl methyl sites for hydroxylation is 1. The van der Waals surface area contributed by atoms with Crippen LogP contribution in [0.15, 0.2) is 42.5 Å². The fourth-order valence-electron chi connectivity index (χ4n) is 1.92. The summed E-state index contributed by atoms with van der Waals surface area (Å²) < 4.78 is 12.0. The van der Waals surface area contributed by atoms with Crippen LogP contribution in [0.5, 0.6) is 11.5 Å². The standard InChI is InChI=1S/C17H18INO3/c1-11-4-9-16(21-3)15(10-11)19-17(20)12(2)22-14-7-5-13(18)6-8-14/h4-10,12H,1-3H3,(H,19,20)/t12-/m1/s1. The highest BCUT2D eigenvalue weighted by Gasteiger charge is 2.16. The number of halogens is 1. The second-order valence-electron chi connectivity index (χ2n) is 4.91. The van der Waals surface area contributed by atoms with E-state index in [4.69, 9.17) is 9.47 Å². The minimum absolute atomic E-state index is 0.220. The highest BCUT2D eigenvalue weighted by Crippen LogP contribution is 2.25. The van der Waals surface area contributed by atoms with Crippen LogP contribution in [0.2, 0.25) is 0 Å². The molecule has 5 heteroatoms. The summed E-state index contributed by atoms with van der Waals surface area (Å²) in [5.41, 5.74) is 1.69. The molecule has 0 aliphatic carbocycles. The number of ether oxygens (including phenoxy) is 2. The maximum atomic E-state index is 12.3. The van der Waals surface area contributed by atoms with Crippen LogP contribution in [0.1, 0.15) is 12.5 Å². The number of methoxy groups -OCH3 is 1. The van der Waals surface area contributed by atoms with Crippen LogP contribution in [0, 0.1) is 10.5 Å². The number of nitrogens with one attached hydrogen (secondary N) is 1. The summed E-state index contributed by atoms with van der Waals surface area (Å²) in [4.78, 5) is 12.3. The SMILES string of the molecule is COc1ccc(C)cc1NC(=O)[C@@H](C)Oc1ccc(I)cc1. The van der Waals surface area contributed by atoms with Gasteiger partial charge >= 0.3 is 0 Å². The van der Waals surface area contributed by atoms with E-state index in [1.54, 1.807) is 14.0 Å². The third-order valence-corrected chi connectivity index (χ3v) is 3.83. The van der Waals surface area contributed by atoms with Gasteiger partial charge in [0.2, 0.25) is 0 Å². The Morgan fingerprint density at radius 3 is 2.50 bits per heavy atom. The molecule has 2 aromatic rings. The molecule has 1 amide bonds. The molecule has 1 N–H and O–H groups in total. The van der Waals surface area contributed by atoms with E-state index in [2.05, 4.69) is 27.9 Å². The molecule has 0 saturated carbocycles. The Labute approximate surface area is 144 Å². The number of hydrogen-bond acceptors (Lipinski definition) is 3. The van der Waals surface area contributed by atoms with Gasteiger partial charge in [-0.2, -0.15) is 0 Å². The second kappa shape index (κ2) is 7.49. The van der Waals surface area contributed by atoms with Crippen LogP contribution in [0.25, 0.3) is 0 Å². The lowest BCUT2D eigenvalue weighted by Crippen LogP contribution is -2.30. The molecule has 0 aliphatic heterocycles. The van der Waals surface area contributed by atoms with Crippen molar-refractivity contribution >= 4 is 34.2 Å². The predicted molar refractivity (Wildman–Crippen MR) is 95.6 cm³/mol. The molecule has 2 aromatic carbocycles. The van der Waals surface area contributed by atoms with Crippen LogP contribution in [-0.4, -0.2) is 19.1 Å². The van der Waals surface area contributed by atoms with Gasteiger partial charge in [0.05, 0.1) is 12.8 Å². The molecule has 2 rings (SSSR count). The zero-order chi connectivity index (χ0) is 16.1. The van der Waals surface area contributed by atoms with Gasteiger partial charge in [0, 0.05) is 3.57 Å². The number of rotatable bonds is 5. The van der Waals surface area contributed by atoms with Crippen molar-refractivity contribution in [1.29, 1.82) is 0 Å². The normalized spacial score (nSPS) is 11.6. The van der Waals surface area contributed by atoms with E-state index in [0.717, 1.165) is 9.13 Å². The van der Waals surface area contributed by atoms with Crippen LogP contribution in [0.3, 0.4) is 0 Å². The van der Waals surface area contributed by atoms with Gasteiger partial charge in [0.1, 0.15) is 11.5 Å². The lowest BCUT2D eigenvalue weighted by molar-refractivity contribution is -0.122. The largest absolute Gasteiger partial charge is 0.495 e. The third kappa shape index (κ3) is 4.37. The average Bonchev–Trinajstić information content (AvgIpc) is 2.49. The van der Waals surface area contributed by atoms with Crippen molar-refractivity contribution in [1.82, 2.24) is 0 Å². The molecule has 0 fully saturated rings. The second-order valence-corrected chi connectivity index (χ2v) is 6.15. The van der Waals surface area contributed by atoms with Crippen LogP contribution < -0.4 is 14.8 Å². The lowest BCUT2D eigenvalue weighted by atomic mass is 10.2. The quantitative estimate of drug-likeness (QED) is 0.757. The van der Waals surface area contributed by atoms with Crippen molar-refractivity contribution in [3.05, 3.63) is 51.6 Å². The molecule has 0 aromatic heterocycles. The van der Waals surface area contributed by atoms with Gasteiger partial charge in [0.25, 0.3) is 5.91 Å². The first-order valence-corrected chi connectivity index (χ1v) is 7.95. The minimum Gasteiger partial charge on any atom is -0.495 e. The number of carbonyl (C=O) groups excluding carboxylic acids is 1. The maximum Gasteiger partial charge on any atom is 0.265 e. The summed E-state index contributed by atoms with van der Waals surface area (Å²) in [6, 6.07) is 13.2. The van der Waals surface area contributed by atoms with Gasteiger partial charge in [0.15, 0.2) is 6.10 Å². The number of benzene rings is 2.